The summed E-state index contributed by atoms with van der Waals surface area (Å²) >= 11 is 0. The molecule has 0 fully saturated rings. The summed E-state index contributed by atoms with van der Waals surface area (Å²) in [7, 11) is 0. The molecule has 5 heteroatoms. The number of nitrogens with zero attached hydrogens (tertiary/aromatic N) is 3. The quantitative estimate of drug-likeness (QED) is 0.680. The summed E-state index contributed by atoms with van der Waals surface area (Å²) in [4.78, 5) is 13.8. The van der Waals surface area contributed by atoms with Crippen LogP contribution < -0.4 is 10.3 Å². The summed E-state index contributed by atoms with van der Waals surface area (Å²) in [5, 5.41) is 12.5. The van der Waals surface area contributed by atoms with Gasteiger partial charge in [-0.1, -0.05) is 6.92 Å². The van der Waals surface area contributed by atoms with Crippen LogP contribution in [0.5, 0.6) is 0 Å². The average molecular weight is 326 g/mol. The molecule has 1 aromatic rings. The molecule has 0 spiro atoms. The van der Waals surface area contributed by atoms with Crippen LogP contribution in [0.25, 0.3) is 0 Å². The maximum atomic E-state index is 11.3. The topological polar surface area (TPSA) is 68.5 Å². The van der Waals surface area contributed by atoms with Crippen molar-refractivity contribution in [2.75, 3.05) is 11.4 Å². The number of amides is 1. The van der Waals surface area contributed by atoms with E-state index in [0.717, 1.165) is 24.1 Å². The summed E-state index contributed by atoms with van der Waals surface area (Å²) < 4.78 is 0. The molecule has 0 saturated heterocycles. The average Bonchev–Trinajstić information content (AvgIpc) is 2.48. The molecule has 1 aliphatic rings. The molecule has 1 aliphatic heterocycles. The van der Waals surface area contributed by atoms with E-state index in [-0.39, 0.29) is 12.0 Å². The van der Waals surface area contributed by atoms with Gasteiger partial charge in [0.2, 0.25) is 0 Å². The molecule has 0 unspecified atom stereocenters. The van der Waals surface area contributed by atoms with Gasteiger partial charge in [-0.25, -0.2) is 5.43 Å². The molecule has 1 atom stereocenters. The lowest BCUT2D eigenvalue weighted by Crippen LogP contribution is -2.48. The molecular formula is C19H26N4O. The molecule has 0 aromatic heterocycles. The molecule has 0 saturated carbocycles. The number of rotatable bonds is 4. The van der Waals surface area contributed by atoms with Crippen LogP contribution in [0.3, 0.4) is 0 Å². The first-order valence-corrected chi connectivity index (χ1v) is 8.41. The number of hydrogen-bond acceptors (Lipinski definition) is 4. The number of fused-ring (bicyclic) bond motifs is 1. The predicted octanol–water partition coefficient (Wildman–Crippen LogP) is 3.47. The van der Waals surface area contributed by atoms with Gasteiger partial charge in [0.15, 0.2) is 0 Å². The third-order valence-electron chi connectivity index (χ3n) is 4.72. The Morgan fingerprint density at radius 3 is 2.88 bits per heavy atom. The summed E-state index contributed by atoms with van der Waals surface area (Å²) in [6.45, 7) is 12.1. The second kappa shape index (κ2) is 7.04. The van der Waals surface area contributed by atoms with E-state index in [1.54, 1.807) is 12.3 Å². The highest BCUT2D eigenvalue weighted by Crippen LogP contribution is 2.43. The predicted molar refractivity (Wildman–Crippen MR) is 97.3 cm³/mol. The zero-order valence-electron chi connectivity index (χ0n) is 15.2. The van der Waals surface area contributed by atoms with Crippen LogP contribution in [0.4, 0.5) is 5.69 Å². The van der Waals surface area contributed by atoms with Crippen molar-refractivity contribution >= 4 is 17.8 Å². The van der Waals surface area contributed by atoms with Gasteiger partial charge >= 0.3 is 0 Å². The Morgan fingerprint density at radius 2 is 2.25 bits per heavy atom. The van der Waals surface area contributed by atoms with Crippen LogP contribution in [0, 0.1) is 18.3 Å². The highest BCUT2D eigenvalue weighted by atomic mass is 16.2. The zero-order valence-corrected chi connectivity index (χ0v) is 15.2. The standard InChI is InChI=1S/C19H26N4O/c1-6-23-17-9-13(2)15(12-21-22-18(24)7-8-20)10-16(17)14(3)11-19(23,4)5/h9-10,12,14H,6-7,11H2,1-5H3,(H,22,24)/b21-12-/t14-/m0/s1. The number of aryl methyl sites for hydroxylation is 1. The number of anilines is 1. The van der Waals surface area contributed by atoms with E-state index in [9.17, 15) is 4.79 Å². The van der Waals surface area contributed by atoms with E-state index in [1.165, 1.54) is 11.3 Å². The molecule has 0 bridgehead atoms. The van der Waals surface area contributed by atoms with Crippen LogP contribution in [0.2, 0.25) is 0 Å². The summed E-state index contributed by atoms with van der Waals surface area (Å²) in [5.41, 5.74) is 7.26. The van der Waals surface area contributed by atoms with Gasteiger partial charge in [0.1, 0.15) is 6.42 Å². The Kier molecular flexibility index (Phi) is 5.28. The molecule has 5 nitrogen and oxygen atoms in total. The van der Waals surface area contributed by atoms with Gasteiger partial charge < -0.3 is 4.90 Å². The van der Waals surface area contributed by atoms with Crippen LogP contribution in [0.15, 0.2) is 17.2 Å². The van der Waals surface area contributed by atoms with E-state index >= 15 is 0 Å². The Morgan fingerprint density at radius 1 is 1.54 bits per heavy atom. The number of hydrogen-bond donors (Lipinski definition) is 1. The Labute approximate surface area is 144 Å². The lowest BCUT2D eigenvalue weighted by molar-refractivity contribution is -0.120. The first kappa shape index (κ1) is 18.0. The second-order valence-corrected chi connectivity index (χ2v) is 7.06. The van der Waals surface area contributed by atoms with Crippen molar-refractivity contribution in [3.05, 3.63) is 28.8 Å². The summed E-state index contributed by atoms with van der Waals surface area (Å²) in [6, 6.07) is 6.19. The monoisotopic (exact) mass is 326 g/mol. The molecule has 0 aliphatic carbocycles. The first-order valence-electron chi connectivity index (χ1n) is 8.41. The minimum atomic E-state index is -0.392. The van der Waals surface area contributed by atoms with E-state index in [4.69, 9.17) is 5.26 Å². The third kappa shape index (κ3) is 3.59. The fraction of sp³-hybridized carbons (Fsp3) is 0.526. The number of nitriles is 1. The Bertz CT molecular complexity index is 700. The SMILES string of the molecule is CCN1c2cc(C)c(/C=N\NC(=O)CC#N)cc2[C@@H](C)CC1(C)C. The van der Waals surface area contributed by atoms with Crippen molar-refractivity contribution in [1.82, 2.24) is 5.43 Å². The molecule has 1 amide bonds. The van der Waals surface area contributed by atoms with Gasteiger partial charge in [-0.2, -0.15) is 10.4 Å². The summed E-state index contributed by atoms with van der Waals surface area (Å²) in [5.74, 6) is 0.0790. The third-order valence-corrected chi connectivity index (χ3v) is 4.72. The van der Waals surface area contributed by atoms with Gasteiger partial charge in [-0.15, -0.1) is 0 Å². The van der Waals surface area contributed by atoms with Crippen molar-refractivity contribution in [3.63, 3.8) is 0 Å². The van der Waals surface area contributed by atoms with E-state index in [0.29, 0.717) is 5.92 Å². The molecule has 1 aromatic carbocycles. The van der Waals surface area contributed by atoms with E-state index in [2.05, 4.69) is 62.2 Å². The van der Waals surface area contributed by atoms with Gasteiger partial charge in [0, 0.05) is 17.8 Å². The van der Waals surface area contributed by atoms with Crippen LogP contribution in [-0.4, -0.2) is 24.2 Å². The maximum Gasteiger partial charge on any atom is 0.254 e. The molecule has 2 rings (SSSR count). The van der Waals surface area contributed by atoms with E-state index < -0.39 is 5.91 Å². The van der Waals surface area contributed by atoms with Crippen molar-refractivity contribution < 1.29 is 4.79 Å². The highest BCUT2D eigenvalue weighted by Gasteiger charge is 2.35. The fourth-order valence-electron chi connectivity index (χ4n) is 3.67. The molecule has 0 radical (unpaired) electrons. The van der Waals surface area contributed by atoms with Crippen molar-refractivity contribution in [3.8, 4) is 6.07 Å². The summed E-state index contributed by atoms with van der Waals surface area (Å²) in [6.07, 6.45) is 2.58. The second-order valence-electron chi connectivity index (χ2n) is 7.06. The normalized spacial score (nSPS) is 19.0. The van der Waals surface area contributed by atoms with Crippen molar-refractivity contribution in [1.29, 1.82) is 5.26 Å². The number of carbonyl (C=O) groups excluding carboxylic acids is 1. The fourth-order valence-corrected chi connectivity index (χ4v) is 3.67. The molecule has 24 heavy (non-hydrogen) atoms. The van der Waals surface area contributed by atoms with Gasteiger partial charge in [0.05, 0.1) is 12.3 Å². The number of benzene rings is 1. The number of hydrazone groups is 1. The number of nitrogens with one attached hydrogen (secondary N) is 1. The zero-order chi connectivity index (χ0) is 17.9. The minimum absolute atomic E-state index is 0.147. The maximum absolute atomic E-state index is 11.3. The lowest BCUT2D eigenvalue weighted by atomic mass is 9.79. The van der Waals surface area contributed by atoms with E-state index in [1.807, 2.05) is 0 Å². The Balaban J connectivity index is 2.33. The molecule has 128 valence electrons. The van der Waals surface area contributed by atoms with Crippen LogP contribution in [-0.2, 0) is 4.79 Å². The van der Waals surface area contributed by atoms with Crippen molar-refractivity contribution in [2.45, 2.75) is 58.9 Å². The molecule has 1 heterocycles. The minimum Gasteiger partial charge on any atom is -0.366 e. The van der Waals surface area contributed by atoms with Crippen LogP contribution in [0.1, 0.15) is 63.1 Å². The number of carbonyl (C=O) groups is 1. The molecule has 1 N–H and O–H groups in total. The smallest absolute Gasteiger partial charge is 0.254 e. The highest BCUT2D eigenvalue weighted by molar-refractivity contribution is 5.86. The van der Waals surface area contributed by atoms with Gasteiger partial charge in [-0.3, -0.25) is 4.79 Å². The first-order chi connectivity index (χ1) is 11.3. The Hall–Kier alpha value is -2.35. The lowest BCUT2D eigenvalue weighted by Gasteiger charge is -2.47. The van der Waals surface area contributed by atoms with Crippen molar-refractivity contribution in [2.24, 2.45) is 5.10 Å². The largest absolute Gasteiger partial charge is 0.366 e. The molecular weight excluding hydrogens is 300 g/mol. The van der Waals surface area contributed by atoms with Gasteiger partial charge in [0.25, 0.3) is 5.91 Å². The van der Waals surface area contributed by atoms with Gasteiger partial charge in [-0.05, 0) is 68.9 Å². The van der Waals surface area contributed by atoms with Crippen LogP contribution >= 0.6 is 0 Å².